The molecule has 0 fully saturated rings. The van der Waals surface area contributed by atoms with Gasteiger partial charge in [0.2, 0.25) is 5.24 Å². The molecule has 25 heavy (non-hydrogen) atoms. The highest BCUT2D eigenvalue weighted by atomic mass is 35.5. The van der Waals surface area contributed by atoms with Crippen LogP contribution in [0, 0.1) is 0 Å². The predicted molar refractivity (Wildman–Crippen MR) is 103 cm³/mol. The van der Waals surface area contributed by atoms with Gasteiger partial charge < -0.3 is 0 Å². The molecule has 0 aliphatic heterocycles. The van der Waals surface area contributed by atoms with Crippen LogP contribution < -0.4 is 4.31 Å². The molecular weight excluding hydrogens is 452 g/mol. The van der Waals surface area contributed by atoms with Crippen LogP contribution in [-0.2, 0) is 14.8 Å². The first-order valence-electron chi connectivity index (χ1n) is 6.69. The number of sulfonamides is 1. The summed E-state index contributed by atoms with van der Waals surface area (Å²) in [5.41, 5.74) is 0.0311. The number of carbonyl (C=O) groups is 1. The van der Waals surface area contributed by atoms with Gasteiger partial charge in [-0.25, -0.2) is 8.42 Å². The Labute approximate surface area is 170 Å². The van der Waals surface area contributed by atoms with Gasteiger partial charge >= 0.3 is 0 Å². The van der Waals surface area contributed by atoms with E-state index in [1.165, 1.54) is 43.3 Å². The minimum Gasteiger partial charge on any atom is -0.279 e. The standard InChI is InChI=1S/C15H10Cl5NO3S/c1-8(15(20)22)21(13-5-3-9(16)6-12(13)19)25(23,24)14-7-10(17)2-4-11(14)18/h2-8H,1H3. The Hall–Kier alpha value is -0.690. The van der Waals surface area contributed by atoms with Gasteiger partial charge in [0, 0.05) is 10.0 Å². The quantitative estimate of drug-likeness (QED) is 0.541. The smallest absolute Gasteiger partial charge is 0.266 e. The molecule has 1 unspecified atom stereocenters. The van der Waals surface area contributed by atoms with Crippen molar-refractivity contribution in [2.24, 2.45) is 0 Å². The zero-order chi connectivity index (χ0) is 18.9. The third kappa shape index (κ3) is 4.35. The van der Waals surface area contributed by atoms with E-state index in [9.17, 15) is 13.2 Å². The largest absolute Gasteiger partial charge is 0.279 e. The van der Waals surface area contributed by atoms with Crippen molar-refractivity contribution in [3.63, 3.8) is 0 Å². The molecule has 4 nitrogen and oxygen atoms in total. The third-order valence-corrected chi connectivity index (χ3v) is 6.71. The van der Waals surface area contributed by atoms with Crippen LogP contribution in [0.1, 0.15) is 6.92 Å². The van der Waals surface area contributed by atoms with Gasteiger partial charge in [0.25, 0.3) is 10.0 Å². The van der Waals surface area contributed by atoms with E-state index in [1.54, 1.807) is 0 Å². The zero-order valence-corrected chi connectivity index (χ0v) is 17.1. The van der Waals surface area contributed by atoms with E-state index in [4.69, 9.17) is 58.0 Å². The summed E-state index contributed by atoms with van der Waals surface area (Å²) in [6.07, 6.45) is 0. The Morgan fingerprint density at radius 1 is 0.960 bits per heavy atom. The lowest BCUT2D eigenvalue weighted by Gasteiger charge is -2.29. The summed E-state index contributed by atoms with van der Waals surface area (Å²) >= 11 is 29.5. The molecular formula is C15H10Cl5NO3S. The van der Waals surface area contributed by atoms with E-state index in [2.05, 4.69) is 0 Å². The van der Waals surface area contributed by atoms with Crippen molar-refractivity contribution in [3.8, 4) is 0 Å². The number of hydrogen-bond acceptors (Lipinski definition) is 3. The molecule has 1 atom stereocenters. The molecule has 0 bridgehead atoms. The van der Waals surface area contributed by atoms with Gasteiger partial charge in [0.1, 0.15) is 10.9 Å². The Balaban J connectivity index is 2.75. The second-order valence-corrected chi connectivity index (χ2v) is 8.79. The molecule has 0 saturated carbocycles. The van der Waals surface area contributed by atoms with Crippen molar-refractivity contribution >= 4 is 79.0 Å². The van der Waals surface area contributed by atoms with Gasteiger partial charge in [-0.2, -0.15) is 0 Å². The first-order chi connectivity index (χ1) is 11.6. The van der Waals surface area contributed by atoms with Crippen LogP contribution in [0.4, 0.5) is 5.69 Å². The number of anilines is 1. The Kier molecular flexibility index (Phi) is 6.52. The van der Waals surface area contributed by atoms with E-state index in [1.807, 2.05) is 0 Å². The molecule has 0 heterocycles. The molecule has 0 spiro atoms. The van der Waals surface area contributed by atoms with Crippen molar-refractivity contribution in [2.75, 3.05) is 4.31 Å². The lowest BCUT2D eigenvalue weighted by atomic mass is 10.3. The summed E-state index contributed by atoms with van der Waals surface area (Å²) in [5.74, 6) is 0. The molecule has 0 radical (unpaired) electrons. The van der Waals surface area contributed by atoms with Crippen molar-refractivity contribution in [1.29, 1.82) is 0 Å². The minimum atomic E-state index is -4.30. The van der Waals surface area contributed by atoms with Crippen LogP contribution in [0.2, 0.25) is 20.1 Å². The predicted octanol–water partition coefficient (Wildman–Crippen LogP) is 5.65. The monoisotopic (exact) mass is 459 g/mol. The van der Waals surface area contributed by atoms with Gasteiger partial charge in [-0.3, -0.25) is 9.10 Å². The molecule has 2 aromatic rings. The van der Waals surface area contributed by atoms with Gasteiger partial charge in [-0.15, -0.1) is 0 Å². The molecule has 0 aliphatic carbocycles. The van der Waals surface area contributed by atoms with Crippen LogP contribution in [0.15, 0.2) is 41.3 Å². The number of rotatable bonds is 5. The van der Waals surface area contributed by atoms with Crippen molar-refractivity contribution in [2.45, 2.75) is 17.9 Å². The molecule has 134 valence electrons. The number of benzene rings is 2. The van der Waals surface area contributed by atoms with Crippen molar-refractivity contribution in [1.82, 2.24) is 0 Å². The van der Waals surface area contributed by atoms with Gasteiger partial charge in [0.15, 0.2) is 0 Å². The van der Waals surface area contributed by atoms with Crippen LogP contribution in [0.5, 0.6) is 0 Å². The second kappa shape index (κ2) is 7.91. The maximum absolute atomic E-state index is 13.2. The normalized spacial score (nSPS) is 12.7. The van der Waals surface area contributed by atoms with Gasteiger partial charge in [0.05, 0.1) is 15.7 Å². The SMILES string of the molecule is CC(C(=O)Cl)N(c1ccc(Cl)cc1Cl)S(=O)(=O)c1cc(Cl)ccc1Cl. The maximum atomic E-state index is 13.2. The lowest BCUT2D eigenvalue weighted by molar-refractivity contribution is -0.112. The van der Waals surface area contributed by atoms with Gasteiger partial charge in [-0.05, 0) is 54.9 Å². The highest BCUT2D eigenvalue weighted by Gasteiger charge is 2.35. The average molecular weight is 462 g/mol. The van der Waals surface area contributed by atoms with E-state index in [0.717, 1.165) is 4.31 Å². The summed E-state index contributed by atoms with van der Waals surface area (Å²) in [5, 5.41) is -0.466. The fraction of sp³-hybridized carbons (Fsp3) is 0.133. The summed E-state index contributed by atoms with van der Waals surface area (Å²) in [4.78, 5) is 11.4. The maximum Gasteiger partial charge on any atom is 0.266 e. The topological polar surface area (TPSA) is 54.5 Å². The second-order valence-electron chi connectivity index (χ2n) is 4.95. The summed E-state index contributed by atoms with van der Waals surface area (Å²) in [7, 11) is -4.30. The molecule has 0 aromatic heterocycles. The van der Waals surface area contributed by atoms with E-state index in [-0.39, 0.29) is 25.7 Å². The van der Waals surface area contributed by atoms with E-state index >= 15 is 0 Å². The van der Waals surface area contributed by atoms with Crippen LogP contribution in [0.25, 0.3) is 0 Å². The van der Waals surface area contributed by atoms with Crippen LogP contribution in [0.3, 0.4) is 0 Å². The van der Waals surface area contributed by atoms with Crippen molar-refractivity contribution < 1.29 is 13.2 Å². The Morgan fingerprint density at radius 3 is 2.08 bits per heavy atom. The summed E-state index contributed by atoms with van der Waals surface area (Å²) in [6.45, 7) is 1.33. The lowest BCUT2D eigenvalue weighted by Crippen LogP contribution is -2.42. The molecule has 10 heteroatoms. The Bertz CT molecular complexity index is 933. The molecule has 2 aromatic carbocycles. The number of halogens is 5. The highest BCUT2D eigenvalue weighted by Crippen LogP contribution is 2.37. The Morgan fingerprint density at radius 2 is 1.52 bits per heavy atom. The van der Waals surface area contributed by atoms with E-state index < -0.39 is 21.3 Å². The van der Waals surface area contributed by atoms with Gasteiger partial charge in [-0.1, -0.05) is 46.4 Å². The molecule has 0 amide bonds. The van der Waals surface area contributed by atoms with E-state index in [0.29, 0.717) is 5.02 Å². The van der Waals surface area contributed by atoms with Crippen LogP contribution >= 0.6 is 58.0 Å². The van der Waals surface area contributed by atoms with Crippen molar-refractivity contribution in [3.05, 3.63) is 56.5 Å². The van der Waals surface area contributed by atoms with Crippen LogP contribution in [-0.4, -0.2) is 19.7 Å². The zero-order valence-electron chi connectivity index (χ0n) is 12.5. The molecule has 2 rings (SSSR count). The summed E-state index contributed by atoms with van der Waals surface area (Å²) in [6, 6.07) is 6.88. The number of hydrogen-bond donors (Lipinski definition) is 0. The number of carbonyl (C=O) groups excluding carboxylic acids is 1. The molecule has 0 saturated heterocycles. The first-order valence-corrected chi connectivity index (χ1v) is 10.0. The fourth-order valence-corrected chi connectivity index (χ4v) is 5.16. The molecule has 0 N–H and O–H groups in total. The third-order valence-electron chi connectivity index (χ3n) is 3.26. The minimum absolute atomic E-state index is 0.0268. The fourth-order valence-electron chi connectivity index (χ4n) is 2.08. The summed E-state index contributed by atoms with van der Waals surface area (Å²) < 4.78 is 27.1. The number of nitrogens with zero attached hydrogens (tertiary/aromatic N) is 1. The molecule has 0 aliphatic rings. The highest BCUT2D eigenvalue weighted by molar-refractivity contribution is 7.93. The average Bonchev–Trinajstić information content (AvgIpc) is 2.51. The first kappa shape index (κ1) is 20.6.